The van der Waals surface area contributed by atoms with Gasteiger partial charge in [-0.3, -0.25) is 4.72 Å². The number of hydrogen-bond donors (Lipinski definition) is 1. The number of hydrogen-bond acceptors (Lipinski definition) is 4. The number of rotatable bonds is 7. The van der Waals surface area contributed by atoms with Gasteiger partial charge in [0.05, 0.1) is 24.8 Å². The van der Waals surface area contributed by atoms with Crippen LogP contribution in [0.4, 0.5) is 5.69 Å². The molecule has 0 bridgehead atoms. The van der Waals surface area contributed by atoms with Crippen molar-refractivity contribution in [3.05, 3.63) is 48.0 Å². The highest BCUT2D eigenvalue weighted by atomic mass is 32.2. The molecular formula is C18H23NO4S. The monoisotopic (exact) mass is 349 g/mol. The van der Waals surface area contributed by atoms with E-state index in [2.05, 4.69) is 18.6 Å². The second kappa shape index (κ2) is 7.57. The molecule has 0 aromatic heterocycles. The van der Waals surface area contributed by atoms with Crippen molar-refractivity contribution in [2.24, 2.45) is 0 Å². The molecule has 0 aliphatic rings. The summed E-state index contributed by atoms with van der Waals surface area (Å²) in [5.41, 5.74) is 1.49. The molecule has 6 heteroatoms. The summed E-state index contributed by atoms with van der Waals surface area (Å²) in [6.45, 7) is 4.22. The maximum atomic E-state index is 12.6. The van der Waals surface area contributed by atoms with Gasteiger partial charge in [-0.15, -0.1) is 0 Å². The van der Waals surface area contributed by atoms with Gasteiger partial charge in [0.15, 0.2) is 0 Å². The second-order valence-electron chi connectivity index (χ2n) is 5.55. The first-order valence-electron chi connectivity index (χ1n) is 7.76. The van der Waals surface area contributed by atoms with E-state index in [9.17, 15) is 8.42 Å². The van der Waals surface area contributed by atoms with Gasteiger partial charge in [-0.05, 0) is 42.2 Å². The van der Waals surface area contributed by atoms with Gasteiger partial charge in [0.25, 0.3) is 10.0 Å². The first-order valence-corrected chi connectivity index (χ1v) is 9.24. The van der Waals surface area contributed by atoms with Crippen LogP contribution in [0.3, 0.4) is 0 Å². The molecule has 0 radical (unpaired) electrons. The summed E-state index contributed by atoms with van der Waals surface area (Å²) in [7, 11) is -0.667. The molecule has 0 amide bonds. The molecule has 0 spiro atoms. The third kappa shape index (κ3) is 4.00. The Balaban J connectivity index is 2.28. The topological polar surface area (TPSA) is 64.6 Å². The maximum absolute atomic E-state index is 12.6. The van der Waals surface area contributed by atoms with Crippen LogP contribution in [0, 0.1) is 0 Å². The van der Waals surface area contributed by atoms with E-state index in [4.69, 9.17) is 9.47 Å². The molecule has 0 saturated heterocycles. The van der Waals surface area contributed by atoms with Crippen LogP contribution in [0.5, 0.6) is 11.5 Å². The lowest BCUT2D eigenvalue weighted by molar-refractivity contribution is 0.395. The number of benzene rings is 2. The van der Waals surface area contributed by atoms with Gasteiger partial charge >= 0.3 is 0 Å². The molecule has 0 aliphatic carbocycles. The largest absolute Gasteiger partial charge is 0.497 e. The summed E-state index contributed by atoms with van der Waals surface area (Å²) in [5, 5.41) is 0. The van der Waals surface area contributed by atoms with Crippen molar-refractivity contribution in [3.63, 3.8) is 0 Å². The molecule has 0 unspecified atom stereocenters. The fraction of sp³-hybridized carbons (Fsp3) is 0.333. The molecule has 5 nitrogen and oxygen atoms in total. The highest BCUT2D eigenvalue weighted by molar-refractivity contribution is 7.92. The minimum Gasteiger partial charge on any atom is -0.497 e. The molecule has 130 valence electrons. The fourth-order valence-electron chi connectivity index (χ4n) is 2.30. The summed E-state index contributed by atoms with van der Waals surface area (Å²) in [4.78, 5) is 0.215. The molecule has 0 heterocycles. The lowest BCUT2D eigenvalue weighted by Gasteiger charge is -2.14. The summed E-state index contributed by atoms with van der Waals surface area (Å²) < 4.78 is 38.1. The highest BCUT2D eigenvalue weighted by Gasteiger charge is 2.17. The standard InChI is InChI=1S/C18H23NO4S/c1-5-13(2)14-6-9-16(10-7-14)24(20,21)19-17-11-8-15(22-3)12-18(17)23-4/h6-13,19H,5H2,1-4H3/t13-/m0/s1. The third-order valence-corrected chi connectivity index (χ3v) is 5.41. The van der Waals surface area contributed by atoms with Crippen molar-refractivity contribution in [1.29, 1.82) is 0 Å². The zero-order valence-corrected chi connectivity index (χ0v) is 15.2. The quantitative estimate of drug-likeness (QED) is 0.820. The van der Waals surface area contributed by atoms with Crippen LogP contribution in [0.1, 0.15) is 31.7 Å². The summed E-state index contributed by atoms with van der Waals surface area (Å²) in [5.74, 6) is 1.39. The predicted octanol–water partition coefficient (Wildman–Crippen LogP) is 4.02. The lowest BCUT2D eigenvalue weighted by atomic mass is 9.99. The summed E-state index contributed by atoms with van der Waals surface area (Å²) >= 11 is 0. The van der Waals surface area contributed by atoms with E-state index in [0.29, 0.717) is 23.1 Å². The van der Waals surface area contributed by atoms with Crippen molar-refractivity contribution >= 4 is 15.7 Å². The van der Waals surface area contributed by atoms with Crippen molar-refractivity contribution < 1.29 is 17.9 Å². The summed E-state index contributed by atoms with van der Waals surface area (Å²) in [6, 6.07) is 11.9. The Morgan fingerprint density at radius 3 is 2.25 bits per heavy atom. The molecule has 2 rings (SSSR count). The zero-order chi connectivity index (χ0) is 17.7. The molecule has 0 aliphatic heterocycles. The fourth-order valence-corrected chi connectivity index (χ4v) is 3.37. The molecule has 2 aromatic rings. The number of sulfonamides is 1. The SMILES string of the molecule is CC[C@H](C)c1ccc(S(=O)(=O)Nc2ccc(OC)cc2OC)cc1. The van der Waals surface area contributed by atoms with Crippen LogP contribution < -0.4 is 14.2 Å². The van der Waals surface area contributed by atoms with Crippen LogP contribution >= 0.6 is 0 Å². The Morgan fingerprint density at radius 1 is 1.04 bits per heavy atom. The minimum absolute atomic E-state index is 0.215. The van der Waals surface area contributed by atoms with E-state index in [0.717, 1.165) is 12.0 Å². The highest BCUT2D eigenvalue weighted by Crippen LogP contribution is 2.31. The van der Waals surface area contributed by atoms with Crippen LogP contribution in [-0.4, -0.2) is 22.6 Å². The predicted molar refractivity (Wildman–Crippen MR) is 95.5 cm³/mol. The molecule has 24 heavy (non-hydrogen) atoms. The van der Waals surface area contributed by atoms with Crippen LogP contribution in [0.15, 0.2) is 47.4 Å². The van der Waals surface area contributed by atoms with Crippen LogP contribution in [-0.2, 0) is 10.0 Å². The van der Waals surface area contributed by atoms with E-state index in [-0.39, 0.29) is 4.90 Å². The number of methoxy groups -OCH3 is 2. The van der Waals surface area contributed by atoms with Crippen molar-refractivity contribution in [1.82, 2.24) is 0 Å². The number of anilines is 1. The number of nitrogens with one attached hydrogen (secondary N) is 1. The zero-order valence-electron chi connectivity index (χ0n) is 14.4. The van der Waals surface area contributed by atoms with Gasteiger partial charge in [-0.1, -0.05) is 26.0 Å². The first kappa shape index (κ1) is 18.1. The first-order chi connectivity index (χ1) is 11.4. The Bertz CT molecular complexity index is 785. The molecule has 1 atom stereocenters. The molecule has 2 aromatic carbocycles. The molecule has 0 fully saturated rings. The van der Waals surface area contributed by atoms with Gasteiger partial charge < -0.3 is 9.47 Å². The van der Waals surface area contributed by atoms with Crippen molar-refractivity contribution in [2.75, 3.05) is 18.9 Å². The average Bonchev–Trinajstić information content (AvgIpc) is 2.61. The van der Waals surface area contributed by atoms with Crippen LogP contribution in [0.25, 0.3) is 0 Å². The minimum atomic E-state index is -3.69. The second-order valence-corrected chi connectivity index (χ2v) is 7.23. The van der Waals surface area contributed by atoms with Gasteiger partial charge in [0.1, 0.15) is 11.5 Å². The van der Waals surface area contributed by atoms with E-state index >= 15 is 0 Å². The van der Waals surface area contributed by atoms with Crippen molar-refractivity contribution in [2.45, 2.75) is 31.1 Å². The van der Waals surface area contributed by atoms with E-state index in [1.54, 1.807) is 30.3 Å². The van der Waals surface area contributed by atoms with E-state index in [1.165, 1.54) is 14.2 Å². The van der Waals surface area contributed by atoms with Gasteiger partial charge in [-0.2, -0.15) is 0 Å². The maximum Gasteiger partial charge on any atom is 0.262 e. The van der Waals surface area contributed by atoms with Gasteiger partial charge in [-0.25, -0.2) is 8.42 Å². The normalized spacial score (nSPS) is 12.5. The van der Waals surface area contributed by atoms with E-state index in [1.807, 2.05) is 12.1 Å². The molecular weight excluding hydrogens is 326 g/mol. The number of ether oxygens (including phenoxy) is 2. The third-order valence-electron chi connectivity index (χ3n) is 4.02. The smallest absolute Gasteiger partial charge is 0.262 e. The Morgan fingerprint density at radius 2 is 1.71 bits per heavy atom. The lowest BCUT2D eigenvalue weighted by Crippen LogP contribution is -2.13. The van der Waals surface area contributed by atoms with Gasteiger partial charge in [0, 0.05) is 6.07 Å². The summed E-state index contributed by atoms with van der Waals surface area (Å²) in [6.07, 6.45) is 1.01. The Hall–Kier alpha value is -2.21. The van der Waals surface area contributed by atoms with E-state index < -0.39 is 10.0 Å². The molecule has 0 saturated carbocycles. The van der Waals surface area contributed by atoms with Gasteiger partial charge in [0.2, 0.25) is 0 Å². The Kier molecular flexibility index (Phi) is 5.72. The average molecular weight is 349 g/mol. The van der Waals surface area contributed by atoms with Crippen LogP contribution in [0.2, 0.25) is 0 Å². The van der Waals surface area contributed by atoms with Crippen molar-refractivity contribution in [3.8, 4) is 11.5 Å². The molecule has 1 N–H and O–H groups in total. The Labute approximate surface area is 143 Å².